The lowest BCUT2D eigenvalue weighted by Gasteiger charge is -2.10. The van der Waals surface area contributed by atoms with E-state index in [1.807, 2.05) is 0 Å². The maximum Gasteiger partial charge on any atom is 0.435 e. The second kappa shape index (κ2) is 8.91. The second-order valence-corrected chi connectivity index (χ2v) is 7.16. The third kappa shape index (κ3) is 4.80. The van der Waals surface area contributed by atoms with Gasteiger partial charge in [0.15, 0.2) is 5.69 Å². The molecule has 1 amide bonds. The molecule has 4 aromatic rings. The summed E-state index contributed by atoms with van der Waals surface area (Å²) in [6, 6.07) is 14.9. The quantitative estimate of drug-likeness (QED) is 0.427. The van der Waals surface area contributed by atoms with E-state index in [0.717, 1.165) is 10.7 Å². The van der Waals surface area contributed by atoms with Gasteiger partial charge < -0.3 is 10.1 Å². The maximum absolute atomic E-state index is 13.4. The Hall–Kier alpha value is -3.92. The molecule has 0 spiro atoms. The van der Waals surface area contributed by atoms with E-state index in [9.17, 15) is 18.0 Å². The van der Waals surface area contributed by atoms with Gasteiger partial charge >= 0.3 is 6.18 Å². The number of hydrogen-bond acceptors (Lipinski definition) is 5. The van der Waals surface area contributed by atoms with E-state index in [1.165, 1.54) is 43.8 Å². The van der Waals surface area contributed by atoms with Crippen molar-refractivity contribution in [2.24, 2.45) is 0 Å². The first-order chi connectivity index (χ1) is 15.8. The minimum absolute atomic E-state index is 0.169. The molecule has 0 bridgehead atoms. The number of carbonyl (C=O) groups is 1. The molecule has 11 heteroatoms. The molecular weight excluding hydrogens is 459 g/mol. The summed E-state index contributed by atoms with van der Waals surface area (Å²) < 4.78 is 46.2. The van der Waals surface area contributed by atoms with Gasteiger partial charge in [0.25, 0.3) is 5.91 Å². The van der Waals surface area contributed by atoms with Gasteiger partial charge in [-0.05, 0) is 30.3 Å². The van der Waals surface area contributed by atoms with E-state index in [0.29, 0.717) is 11.3 Å². The van der Waals surface area contributed by atoms with E-state index < -0.39 is 17.8 Å². The molecule has 2 aromatic heterocycles. The normalized spacial score (nSPS) is 11.3. The van der Waals surface area contributed by atoms with Crippen molar-refractivity contribution in [1.82, 2.24) is 19.7 Å². The molecule has 33 heavy (non-hydrogen) atoms. The van der Waals surface area contributed by atoms with Crippen LogP contribution in [0.15, 0.2) is 67.0 Å². The van der Waals surface area contributed by atoms with Crippen molar-refractivity contribution in [3.05, 3.63) is 83.3 Å². The van der Waals surface area contributed by atoms with Crippen LogP contribution in [-0.2, 0) is 6.18 Å². The highest BCUT2D eigenvalue weighted by Crippen LogP contribution is 2.34. The SMILES string of the molecule is COc1cc(NC(=O)c2ccc(-c3cc(C(F)(F)F)nn3-c3ccccc3Cl)cc2)ncn1. The summed E-state index contributed by atoms with van der Waals surface area (Å²) in [6.07, 6.45) is -3.40. The van der Waals surface area contributed by atoms with Crippen molar-refractivity contribution in [3.63, 3.8) is 0 Å². The van der Waals surface area contributed by atoms with E-state index in [-0.39, 0.29) is 28.0 Å². The molecule has 0 unspecified atom stereocenters. The average Bonchev–Trinajstić information content (AvgIpc) is 3.25. The van der Waals surface area contributed by atoms with Crippen molar-refractivity contribution in [1.29, 1.82) is 0 Å². The Morgan fingerprint density at radius 3 is 2.45 bits per heavy atom. The number of methoxy groups -OCH3 is 1. The van der Waals surface area contributed by atoms with Crippen LogP contribution in [0.1, 0.15) is 16.1 Å². The summed E-state index contributed by atoms with van der Waals surface area (Å²) in [5, 5.41) is 6.57. The van der Waals surface area contributed by atoms with Crippen LogP contribution >= 0.6 is 11.6 Å². The highest BCUT2D eigenvalue weighted by Gasteiger charge is 2.35. The lowest BCUT2D eigenvalue weighted by Crippen LogP contribution is -2.13. The van der Waals surface area contributed by atoms with Crippen LogP contribution in [0.25, 0.3) is 16.9 Å². The number of benzene rings is 2. The molecule has 0 fully saturated rings. The van der Waals surface area contributed by atoms with Crippen LogP contribution in [0.3, 0.4) is 0 Å². The number of hydrogen-bond donors (Lipinski definition) is 1. The zero-order valence-corrected chi connectivity index (χ0v) is 17.7. The number of rotatable bonds is 5. The fraction of sp³-hybridized carbons (Fsp3) is 0.0909. The fourth-order valence-electron chi connectivity index (χ4n) is 3.03. The number of carbonyl (C=O) groups excluding carboxylic acids is 1. The molecule has 0 atom stereocenters. The molecule has 0 aliphatic carbocycles. The van der Waals surface area contributed by atoms with Crippen LogP contribution in [0.4, 0.5) is 19.0 Å². The third-order valence-electron chi connectivity index (χ3n) is 4.62. The summed E-state index contributed by atoms with van der Waals surface area (Å²) in [5.41, 5.74) is 0.0958. The van der Waals surface area contributed by atoms with Crippen LogP contribution in [0.2, 0.25) is 5.02 Å². The molecular formula is C22H15ClF3N5O2. The summed E-state index contributed by atoms with van der Waals surface area (Å²) in [5.74, 6) is 0.0596. The molecule has 0 aliphatic rings. The first kappa shape index (κ1) is 22.3. The highest BCUT2D eigenvalue weighted by atomic mass is 35.5. The molecule has 168 valence electrons. The monoisotopic (exact) mass is 473 g/mol. The topological polar surface area (TPSA) is 81.9 Å². The van der Waals surface area contributed by atoms with Gasteiger partial charge in [-0.1, -0.05) is 35.9 Å². The molecule has 4 rings (SSSR count). The molecule has 2 aromatic carbocycles. The van der Waals surface area contributed by atoms with E-state index in [1.54, 1.807) is 24.3 Å². The van der Waals surface area contributed by atoms with Gasteiger partial charge in [-0.25, -0.2) is 14.6 Å². The predicted octanol–water partition coefficient (Wildman–Crippen LogP) is 5.26. The Bertz CT molecular complexity index is 1310. The van der Waals surface area contributed by atoms with Crippen LogP contribution in [-0.4, -0.2) is 32.8 Å². The van der Waals surface area contributed by atoms with Gasteiger partial charge in [0.05, 0.1) is 23.5 Å². The predicted molar refractivity (Wildman–Crippen MR) is 116 cm³/mol. The summed E-state index contributed by atoms with van der Waals surface area (Å²) in [7, 11) is 1.43. The Kier molecular flexibility index (Phi) is 6.01. The number of nitrogens with one attached hydrogen (secondary N) is 1. The number of para-hydroxylation sites is 1. The van der Waals surface area contributed by atoms with Crippen molar-refractivity contribution in [2.45, 2.75) is 6.18 Å². The molecule has 0 aliphatic heterocycles. The zero-order valence-electron chi connectivity index (χ0n) is 17.0. The first-order valence-electron chi connectivity index (χ1n) is 9.46. The molecule has 0 radical (unpaired) electrons. The van der Waals surface area contributed by atoms with Crippen LogP contribution < -0.4 is 10.1 Å². The molecule has 1 N–H and O–H groups in total. The minimum atomic E-state index is -4.64. The molecule has 0 saturated carbocycles. The number of nitrogens with zero attached hydrogens (tertiary/aromatic N) is 4. The largest absolute Gasteiger partial charge is 0.481 e. The van der Waals surface area contributed by atoms with Crippen LogP contribution in [0, 0.1) is 0 Å². The van der Waals surface area contributed by atoms with Gasteiger partial charge in [0.1, 0.15) is 12.1 Å². The van der Waals surface area contributed by atoms with E-state index in [2.05, 4.69) is 20.4 Å². The second-order valence-electron chi connectivity index (χ2n) is 6.75. The van der Waals surface area contributed by atoms with Gasteiger partial charge in [-0.15, -0.1) is 0 Å². The van der Waals surface area contributed by atoms with Gasteiger partial charge in [0.2, 0.25) is 5.88 Å². The molecule has 7 nitrogen and oxygen atoms in total. The molecule has 2 heterocycles. The first-order valence-corrected chi connectivity index (χ1v) is 9.84. The third-order valence-corrected chi connectivity index (χ3v) is 4.94. The smallest absolute Gasteiger partial charge is 0.435 e. The number of anilines is 1. The van der Waals surface area contributed by atoms with Gasteiger partial charge in [-0.3, -0.25) is 4.79 Å². The number of alkyl halides is 3. The Labute approximate surface area is 190 Å². The van der Waals surface area contributed by atoms with Crippen molar-refractivity contribution in [3.8, 4) is 22.8 Å². The Morgan fingerprint density at radius 2 is 1.79 bits per heavy atom. The summed E-state index contributed by atoms with van der Waals surface area (Å²) in [4.78, 5) is 20.3. The molecule has 0 saturated heterocycles. The lowest BCUT2D eigenvalue weighted by molar-refractivity contribution is -0.141. The number of amides is 1. The number of halogens is 4. The van der Waals surface area contributed by atoms with Gasteiger partial charge in [-0.2, -0.15) is 18.3 Å². The highest BCUT2D eigenvalue weighted by molar-refractivity contribution is 6.32. The van der Waals surface area contributed by atoms with Gasteiger partial charge in [0, 0.05) is 17.2 Å². The van der Waals surface area contributed by atoms with Crippen molar-refractivity contribution >= 4 is 23.3 Å². The van der Waals surface area contributed by atoms with Crippen molar-refractivity contribution in [2.75, 3.05) is 12.4 Å². The minimum Gasteiger partial charge on any atom is -0.481 e. The zero-order chi connectivity index (χ0) is 23.6. The number of aromatic nitrogens is 4. The fourth-order valence-corrected chi connectivity index (χ4v) is 3.25. The van der Waals surface area contributed by atoms with Crippen LogP contribution in [0.5, 0.6) is 5.88 Å². The summed E-state index contributed by atoms with van der Waals surface area (Å²) >= 11 is 6.19. The average molecular weight is 474 g/mol. The lowest BCUT2D eigenvalue weighted by atomic mass is 10.1. The standard InChI is InChI=1S/C22H15ClF3N5O2/c1-33-20-11-19(27-12-28-20)29-21(32)14-8-6-13(7-9-14)17-10-18(22(24,25)26)30-31(17)16-5-3-2-4-15(16)23/h2-12H,1H3,(H,27,28,29,32). The Morgan fingerprint density at radius 1 is 1.06 bits per heavy atom. The Balaban J connectivity index is 1.66. The van der Waals surface area contributed by atoms with E-state index >= 15 is 0 Å². The van der Waals surface area contributed by atoms with E-state index in [4.69, 9.17) is 16.3 Å². The number of ether oxygens (including phenoxy) is 1. The maximum atomic E-state index is 13.4. The summed E-state index contributed by atoms with van der Waals surface area (Å²) in [6.45, 7) is 0. The van der Waals surface area contributed by atoms with Crippen molar-refractivity contribution < 1.29 is 22.7 Å².